The first kappa shape index (κ1) is 22.1. The number of carbonyl (C=O) groups is 1. The minimum atomic E-state index is -0.125. The first-order valence-electron chi connectivity index (χ1n) is 10.0. The lowest BCUT2D eigenvalue weighted by Gasteiger charge is -2.13. The molecule has 0 saturated carbocycles. The van der Waals surface area contributed by atoms with Crippen molar-refractivity contribution in [2.45, 2.75) is 44.1 Å². The number of thioether (sulfide) groups is 1. The van der Waals surface area contributed by atoms with Crippen LogP contribution < -0.4 is 5.32 Å². The molecule has 0 saturated heterocycles. The monoisotopic (exact) mass is 425 g/mol. The molecule has 0 radical (unpaired) electrons. The molecule has 1 atom stereocenters. The average Bonchev–Trinajstić information content (AvgIpc) is 3.09. The summed E-state index contributed by atoms with van der Waals surface area (Å²) in [5.74, 6) is 1.33. The molecule has 1 amide bonds. The van der Waals surface area contributed by atoms with Gasteiger partial charge < -0.3 is 14.6 Å². The van der Waals surface area contributed by atoms with Crippen LogP contribution in [0.25, 0.3) is 0 Å². The maximum absolute atomic E-state index is 12.6. The SMILES string of the molecule is Cc1noc(C)c1CSc1ncccc1C(=O)NCCCOC(C)c1ccccc1. The second-order valence-corrected chi connectivity index (χ2v) is 7.94. The average molecular weight is 426 g/mol. The Kier molecular flexibility index (Phi) is 8.04. The highest BCUT2D eigenvalue weighted by Gasteiger charge is 2.15. The van der Waals surface area contributed by atoms with Crippen LogP contribution in [0, 0.1) is 13.8 Å². The van der Waals surface area contributed by atoms with Gasteiger partial charge in [0.2, 0.25) is 0 Å². The van der Waals surface area contributed by atoms with Crippen molar-refractivity contribution in [2.75, 3.05) is 13.2 Å². The van der Waals surface area contributed by atoms with E-state index >= 15 is 0 Å². The van der Waals surface area contributed by atoms with Crippen LogP contribution in [0.2, 0.25) is 0 Å². The number of aryl methyl sites for hydroxylation is 2. The van der Waals surface area contributed by atoms with Crippen LogP contribution in [0.3, 0.4) is 0 Å². The number of amides is 1. The van der Waals surface area contributed by atoms with Crippen LogP contribution in [0.1, 0.15) is 52.4 Å². The first-order valence-corrected chi connectivity index (χ1v) is 11.0. The molecule has 0 fully saturated rings. The summed E-state index contributed by atoms with van der Waals surface area (Å²) in [5.41, 5.74) is 3.64. The molecule has 7 heteroatoms. The highest BCUT2D eigenvalue weighted by Crippen LogP contribution is 2.27. The first-order chi connectivity index (χ1) is 14.6. The van der Waals surface area contributed by atoms with Gasteiger partial charge in [0.25, 0.3) is 5.91 Å². The lowest BCUT2D eigenvalue weighted by atomic mass is 10.1. The quantitative estimate of drug-likeness (QED) is 0.369. The van der Waals surface area contributed by atoms with E-state index in [4.69, 9.17) is 9.26 Å². The van der Waals surface area contributed by atoms with E-state index in [1.807, 2.05) is 39.0 Å². The fourth-order valence-corrected chi connectivity index (χ4v) is 4.12. The number of carbonyl (C=O) groups excluding carboxylic acids is 1. The Morgan fingerprint density at radius 1 is 1.20 bits per heavy atom. The molecule has 1 aromatic carbocycles. The fourth-order valence-electron chi connectivity index (χ4n) is 2.98. The maximum Gasteiger partial charge on any atom is 0.254 e. The summed E-state index contributed by atoms with van der Waals surface area (Å²) in [5, 5.41) is 7.64. The third-order valence-corrected chi connectivity index (χ3v) is 5.83. The Morgan fingerprint density at radius 2 is 2.00 bits per heavy atom. The lowest BCUT2D eigenvalue weighted by molar-refractivity contribution is 0.0634. The Morgan fingerprint density at radius 3 is 2.73 bits per heavy atom. The van der Waals surface area contributed by atoms with E-state index in [2.05, 4.69) is 27.6 Å². The molecule has 1 unspecified atom stereocenters. The number of hydrogen-bond acceptors (Lipinski definition) is 6. The molecule has 158 valence electrons. The molecular weight excluding hydrogens is 398 g/mol. The summed E-state index contributed by atoms with van der Waals surface area (Å²) in [6, 6.07) is 13.7. The van der Waals surface area contributed by atoms with Crippen molar-refractivity contribution in [1.82, 2.24) is 15.5 Å². The van der Waals surface area contributed by atoms with Gasteiger partial charge in [-0.3, -0.25) is 4.79 Å². The summed E-state index contributed by atoms with van der Waals surface area (Å²) >= 11 is 1.51. The third kappa shape index (κ3) is 5.93. The topological polar surface area (TPSA) is 77.2 Å². The zero-order valence-electron chi connectivity index (χ0n) is 17.6. The number of ether oxygens (including phenoxy) is 1. The maximum atomic E-state index is 12.6. The normalized spacial score (nSPS) is 12.0. The molecule has 3 rings (SSSR count). The second-order valence-electron chi connectivity index (χ2n) is 6.98. The van der Waals surface area contributed by atoms with Crippen molar-refractivity contribution in [1.29, 1.82) is 0 Å². The summed E-state index contributed by atoms with van der Waals surface area (Å²) < 4.78 is 11.1. The Labute approximate surface area is 181 Å². The van der Waals surface area contributed by atoms with Gasteiger partial charge in [0.05, 0.1) is 17.4 Å². The number of aromatic nitrogens is 2. The molecule has 0 aliphatic heterocycles. The van der Waals surface area contributed by atoms with Gasteiger partial charge in [-0.25, -0.2) is 4.98 Å². The van der Waals surface area contributed by atoms with Gasteiger partial charge in [-0.15, -0.1) is 11.8 Å². The Bertz CT molecular complexity index is 940. The second kappa shape index (κ2) is 10.9. The van der Waals surface area contributed by atoms with Crippen LogP contribution >= 0.6 is 11.8 Å². The summed E-state index contributed by atoms with van der Waals surface area (Å²) in [4.78, 5) is 17.0. The highest BCUT2D eigenvalue weighted by molar-refractivity contribution is 7.98. The van der Waals surface area contributed by atoms with Gasteiger partial charge in [0.15, 0.2) is 0 Å². The summed E-state index contributed by atoms with van der Waals surface area (Å²) in [7, 11) is 0. The Hall–Kier alpha value is -2.64. The Balaban J connectivity index is 1.46. The molecule has 0 spiro atoms. The van der Waals surface area contributed by atoms with Crippen molar-refractivity contribution in [2.24, 2.45) is 0 Å². The summed E-state index contributed by atoms with van der Waals surface area (Å²) in [6.45, 7) is 6.97. The molecule has 6 nitrogen and oxygen atoms in total. The van der Waals surface area contributed by atoms with Gasteiger partial charge in [-0.1, -0.05) is 35.5 Å². The van der Waals surface area contributed by atoms with Crippen LogP contribution in [0.5, 0.6) is 0 Å². The smallest absolute Gasteiger partial charge is 0.254 e. The van der Waals surface area contributed by atoms with Crippen LogP contribution in [-0.2, 0) is 10.5 Å². The molecule has 1 N–H and O–H groups in total. The van der Waals surface area contributed by atoms with E-state index in [0.717, 1.165) is 29.0 Å². The molecule has 0 aliphatic carbocycles. The minimum Gasteiger partial charge on any atom is -0.374 e. The highest BCUT2D eigenvalue weighted by atomic mass is 32.2. The van der Waals surface area contributed by atoms with Crippen molar-refractivity contribution < 1.29 is 14.1 Å². The predicted octanol–water partition coefficient (Wildman–Crippen LogP) is 4.88. The predicted molar refractivity (Wildman–Crippen MR) is 118 cm³/mol. The van der Waals surface area contributed by atoms with Crippen molar-refractivity contribution >= 4 is 17.7 Å². The van der Waals surface area contributed by atoms with Crippen molar-refractivity contribution in [3.63, 3.8) is 0 Å². The van der Waals surface area contributed by atoms with Crippen LogP contribution in [0.4, 0.5) is 0 Å². The van der Waals surface area contributed by atoms with Crippen molar-refractivity contribution in [3.8, 4) is 0 Å². The number of benzene rings is 1. The molecule has 30 heavy (non-hydrogen) atoms. The fraction of sp³-hybridized carbons (Fsp3) is 0.348. The van der Waals surface area contributed by atoms with Crippen molar-refractivity contribution in [3.05, 3.63) is 76.8 Å². The number of nitrogens with one attached hydrogen (secondary N) is 1. The largest absolute Gasteiger partial charge is 0.374 e. The van der Waals surface area contributed by atoms with Gasteiger partial charge in [0, 0.05) is 30.7 Å². The van der Waals surface area contributed by atoms with E-state index in [1.165, 1.54) is 11.8 Å². The number of hydrogen-bond donors (Lipinski definition) is 1. The third-order valence-electron chi connectivity index (χ3n) is 4.79. The molecule has 0 bridgehead atoms. The van der Waals surface area contributed by atoms with Gasteiger partial charge in [-0.05, 0) is 44.9 Å². The molecule has 0 aliphatic rings. The molecule has 3 aromatic rings. The van der Waals surface area contributed by atoms with E-state index in [1.54, 1.807) is 18.3 Å². The van der Waals surface area contributed by atoms with E-state index in [-0.39, 0.29) is 12.0 Å². The molecule has 2 aromatic heterocycles. The standard InChI is InChI=1S/C23H27N3O3S/c1-16-21(18(3)29-26-16)15-30-23-20(11-7-12-25-23)22(27)24-13-8-14-28-17(2)19-9-5-4-6-10-19/h4-7,9-12,17H,8,13-15H2,1-3H3,(H,24,27). The van der Waals surface area contributed by atoms with Gasteiger partial charge in [-0.2, -0.15) is 0 Å². The minimum absolute atomic E-state index is 0.0348. The van der Waals surface area contributed by atoms with Gasteiger partial charge in [0.1, 0.15) is 10.8 Å². The molecule has 2 heterocycles. The van der Waals surface area contributed by atoms with E-state index in [9.17, 15) is 4.79 Å². The number of pyridine rings is 1. The van der Waals surface area contributed by atoms with E-state index in [0.29, 0.717) is 29.5 Å². The lowest BCUT2D eigenvalue weighted by Crippen LogP contribution is -2.26. The molecular formula is C23H27N3O3S. The van der Waals surface area contributed by atoms with Crippen LogP contribution in [0.15, 0.2) is 58.2 Å². The zero-order valence-corrected chi connectivity index (χ0v) is 18.4. The number of nitrogens with zero attached hydrogens (tertiary/aromatic N) is 2. The zero-order chi connectivity index (χ0) is 21.3. The van der Waals surface area contributed by atoms with Gasteiger partial charge >= 0.3 is 0 Å². The van der Waals surface area contributed by atoms with E-state index < -0.39 is 0 Å². The van der Waals surface area contributed by atoms with Crippen LogP contribution in [-0.4, -0.2) is 29.2 Å². The number of rotatable bonds is 10. The summed E-state index contributed by atoms with van der Waals surface area (Å²) in [6.07, 6.45) is 2.48.